The van der Waals surface area contributed by atoms with E-state index in [1.54, 1.807) is 0 Å². The SMILES string of the molecule is NS(=O)(=O)c1cnn(CCC(=O)N2CCCC2c2ccccc2)c1. The molecule has 2 N–H and O–H groups in total. The minimum Gasteiger partial charge on any atom is -0.336 e. The van der Waals surface area contributed by atoms with Crippen LogP contribution in [0.25, 0.3) is 0 Å². The molecule has 1 aromatic carbocycles. The van der Waals surface area contributed by atoms with Crippen LogP contribution in [0.15, 0.2) is 47.6 Å². The predicted molar refractivity (Wildman–Crippen MR) is 88.3 cm³/mol. The van der Waals surface area contributed by atoms with Crippen molar-refractivity contribution in [1.82, 2.24) is 14.7 Å². The normalized spacial score (nSPS) is 18.0. The molecule has 1 saturated heterocycles. The van der Waals surface area contributed by atoms with Crippen LogP contribution >= 0.6 is 0 Å². The van der Waals surface area contributed by atoms with Gasteiger partial charge in [-0.2, -0.15) is 5.10 Å². The van der Waals surface area contributed by atoms with Crippen molar-refractivity contribution in [3.63, 3.8) is 0 Å². The Bertz CT molecular complexity index is 817. The first-order valence-electron chi connectivity index (χ1n) is 7.85. The van der Waals surface area contributed by atoms with Gasteiger partial charge in [-0.15, -0.1) is 0 Å². The van der Waals surface area contributed by atoms with Gasteiger partial charge < -0.3 is 4.90 Å². The van der Waals surface area contributed by atoms with Gasteiger partial charge in [-0.05, 0) is 18.4 Å². The summed E-state index contributed by atoms with van der Waals surface area (Å²) in [7, 11) is -3.76. The number of rotatable bonds is 5. The summed E-state index contributed by atoms with van der Waals surface area (Å²) in [5, 5.41) is 9.00. The average Bonchev–Trinajstić information content (AvgIpc) is 3.22. The maximum atomic E-state index is 12.5. The van der Waals surface area contributed by atoms with Crippen molar-refractivity contribution in [2.75, 3.05) is 6.54 Å². The fourth-order valence-electron chi connectivity index (χ4n) is 3.05. The molecule has 0 saturated carbocycles. The maximum Gasteiger partial charge on any atom is 0.241 e. The number of likely N-dealkylation sites (tertiary alicyclic amines) is 1. The smallest absolute Gasteiger partial charge is 0.241 e. The van der Waals surface area contributed by atoms with E-state index in [2.05, 4.69) is 5.10 Å². The van der Waals surface area contributed by atoms with E-state index in [9.17, 15) is 13.2 Å². The molecule has 1 aliphatic rings. The van der Waals surface area contributed by atoms with Crippen LogP contribution in [-0.2, 0) is 21.4 Å². The van der Waals surface area contributed by atoms with Gasteiger partial charge in [0.05, 0.1) is 12.2 Å². The number of nitrogens with zero attached hydrogens (tertiary/aromatic N) is 3. The molecule has 128 valence electrons. The number of amides is 1. The van der Waals surface area contributed by atoms with E-state index in [1.165, 1.54) is 17.1 Å². The monoisotopic (exact) mass is 348 g/mol. The number of aryl methyl sites for hydroxylation is 1. The summed E-state index contributed by atoms with van der Waals surface area (Å²) < 4.78 is 23.9. The lowest BCUT2D eigenvalue weighted by molar-refractivity contribution is -0.132. The van der Waals surface area contributed by atoms with Crippen LogP contribution < -0.4 is 5.14 Å². The zero-order valence-corrected chi connectivity index (χ0v) is 14.0. The van der Waals surface area contributed by atoms with E-state index in [0.29, 0.717) is 6.54 Å². The first-order chi connectivity index (χ1) is 11.4. The van der Waals surface area contributed by atoms with E-state index >= 15 is 0 Å². The molecular formula is C16H20N4O3S. The summed E-state index contributed by atoms with van der Waals surface area (Å²) in [6, 6.07) is 10.1. The molecule has 1 aromatic heterocycles. The standard InChI is InChI=1S/C16H20N4O3S/c17-24(22,23)14-11-18-19(12-14)10-8-16(21)20-9-4-7-15(20)13-5-2-1-3-6-13/h1-3,5-6,11-12,15H,4,7-10H2,(H2,17,22,23). The molecule has 24 heavy (non-hydrogen) atoms. The Morgan fingerprint density at radius 1 is 1.29 bits per heavy atom. The molecule has 0 aliphatic carbocycles. The zero-order valence-electron chi connectivity index (χ0n) is 13.2. The van der Waals surface area contributed by atoms with E-state index < -0.39 is 10.0 Å². The molecule has 1 atom stereocenters. The number of primary sulfonamides is 1. The Labute approximate surface area is 141 Å². The van der Waals surface area contributed by atoms with Gasteiger partial charge in [0.15, 0.2) is 0 Å². The molecule has 2 heterocycles. The third-order valence-corrected chi connectivity index (χ3v) is 5.12. The highest BCUT2D eigenvalue weighted by atomic mass is 32.2. The van der Waals surface area contributed by atoms with Gasteiger partial charge in [0.1, 0.15) is 4.90 Å². The summed E-state index contributed by atoms with van der Waals surface area (Å²) >= 11 is 0. The van der Waals surface area contributed by atoms with Crippen LogP contribution in [0.1, 0.15) is 30.9 Å². The Morgan fingerprint density at radius 3 is 2.71 bits per heavy atom. The maximum absolute atomic E-state index is 12.5. The largest absolute Gasteiger partial charge is 0.336 e. The topological polar surface area (TPSA) is 98.3 Å². The predicted octanol–water partition coefficient (Wildman–Crippen LogP) is 1.28. The quantitative estimate of drug-likeness (QED) is 0.880. The lowest BCUT2D eigenvalue weighted by Gasteiger charge is -2.25. The second-order valence-corrected chi connectivity index (χ2v) is 7.45. The molecule has 0 radical (unpaired) electrons. The highest BCUT2D eigenvalue weighted by molar-refractivity contribution is 7.89. The van der Waals surface area contributed by atoms with Gasteiger partial charge in [-0.25, -0.2) is 13.6 Å². The molecule has 1 amide bonds. The lowest BCUT2D eigenvalue weighted by atomic mass is 10.0. The zero-order chi connectivity index (χ0) is 17.2. The van der Waals surface area contributed by atoms with Crippen molar-refractivity contribution in [2.24, 2.45) is 5.14 Å². The van der Waals surface area contributed by atoms with Crippen LogP contribution in [0.5, 0.6) is 0 Å². The summed E-state index contributed by atoms with van der Waals surface area (Å²) in [6.07, 6.45) is 4.77. The van der Waals surface area contributed by atoms with E-state index in [1.807, 2.05) is 35.2 Å². The van der Waals surface area contributed by atoms with Crippen LogP contribution in [0.2, 0.25) is 0 Å². The first kappa shape index (κ1) is 16.7. The number of benzene rings is 1. The van der Waals surface area contributed by atoms with Crippen molar-refractivity contribution in [3.05, 3.63) is 48.3 Å². The molecule has 8 heteroatoms. The molecule has 1 aliphatic heterocycles. The van der Waals surface area contributed by atoms with Gasteiger partial charge in [0.2, 0.25) is 15.9 Å². The minimum absolute atomic E-state index is 0.0433. The number of sulfonamides is 1. The van der Waals surface area contributed by atoms with E-state index in [0.717, 1.165) is 24.9 Å². The molecule has 0 spiro atoms. The van der Waals surface area contributed by atoms with Gasteiger partial charge in [-0.1, -0.05) is 30.3 Å². The number of aromatic nitrogens is 2. The van der Waals surface area contributed by atoms with Crippen molar-refractivity contribution < 1.29 is 13.2 Å². The van der Waals surface area contributed by atoms with Crippen LogP contribution in [0.3, 0.4) is 0 Å². The van der Waals surface area contributed by atoms with Gasteiger partial charge in [0, 0.05) is 25.7 Å². The van der Waals surface area contributed by atoms with Crippen LogP contribution in [0.4, 0.5) is 0 Å². The van der Waals surface area contributed by atoms with E-state index in [-0.39, 0.29) is 23.3 Å². The summed E-state index contributed by atoms with van der Waals surface area (Å²) in [6.45, 7) is 1.08. The van der Waals surface area contributed by atoms with Crippen LogP contribution in [-0.4, -0.2) is 35.6 Å². The molecular weight excluding hydrogens is 328 g/mol. The Hall–Kier alpha value is -2.19. The Kier molecular flexibility index (Phi) is 4.68. The van der Waals surface area contributed by atoms with Gasteiger partial charge in [0.25, 0.3) is 0 Å². The second kappa shape index (κ2) is 6.74. The average molecular weight is 348 g/mol. The summed E-state index contributed by atoms with van der Waals surface area (Å²) in [5.74, 6) is 0.0500. The molecule has 7 nitrogen and oxygen atoms in total. The minimum atomic E-state index is -3.76. The van der Waals surface area contributed by atoms with Crippen LogP contribution in [0, 0.1) is 0 Å². The van der Waals surface area contributed by atoms with Crippen molar-refractivity contribution in [3.8, 4) is 0 Å². The van der Waals surface area contributed by atoms with Crippen molar-refractivity contribution >= 4 is 15.9 Å². The fourth-order valence-corrected chi connectivity index (χ4v) is 3.52. The summed E-state index contributed by atoms with van der Waals surface area (Å²) in [4.78, 5) is 14.4. The van der Waals surface area contributed by atoms with Crippen molar-refractivity contribution in [2.45, 2.75) is 36.7 Å². The fraction of sp³-hybridized carbons (Fsp3) is 0.375. The van der Waals surface area contributed by atoms with Gasteiger partial charge in [-0.3, -0.25) is 9.48 Å². The first-order valence-corrected chi connectivity index (χ1v) is 9.39. The Morgan fingerprint density at radius 2 is 2.04 bits per heavy atom. The number of hydrogen-bond acceptors (Lipinski definition) is 4. The number of carbonyl (C=O) groups excluding carboxylic acids is 1. The summed E-state index contributed by atoms with van der Waals surface area (Å²) in [5.41, 5.74) is 1.15. The number of hydrogen-bond donors (Lipinski definition) is 1. The molecule has 0 bridgehead atoms. The Balaban J connectivity index is 1.63. The highest BCUT2D eigenvalue weighted by Gasteiger charge is 2.29. The highest BCUT2D eigenvalue weighted by Crippen LogP contribution is 2.32. The second-order valence-electron chi connectivity index (χ2n) is 5.89. The van der Waals surface area contributed by atoms with Gasteiger partial charge >= 0.3 is 0 Å². The third-order valence-electron chi connectivity index (χ3n) is 4.25. The molecule has 3 rings (SSSR count). The molecule has 2 aromatic rings. The molecule has 1 fully saturated rings. The number of carbonyl (C=O) groups is 1. The lowest BCUT2D eigenvalue weighted by Crippen LogP contribution is -2.31. The third kappa shape index (κ3) is 3.65. The number of nitrogens with two attached hydrogens (primary N) is 1. The van der Waals surface area contributed by atoms with E-state index in [4.69, 9.17) is 5.14 Å². The van der Waals surface area contributed by atoms with Crippen molar-refractivity contribution in [1.29, 1.82) is 0 Å². The molecule has 1 unspecified atom stereocenters.